The topological polar surface area (TPSA) is 53.6 Å². The molecule has 2 aliphatic heterocycles. The molecule has 3 rings (SSSR count). The van der Waals surface area contributed by atoms with Crippen LogP contribution in [0, 0.1) is 5.92 Å². The van der Waals surface area contributed by atoms with E-state index in [1.165, 1.54) is 12.8 Å². The first-order chi connectivity index (χ1) is 8.22. The third-order valence-electron chi connectivity index (χ3n) is 4.11. The average Bonchev–Trinajstić information content (AvgIpc) is 3.10. The first-order valence-electron chi connectivity index (χ1n) is 6.53. The Hall–Kier alpha value is -0.650. The van der Waals surface area contributed by atoms with E-state index in [4.69, 9.17) is 4.74 Å². The number of morpholine rings is 1. The fourth-order valence-electron chi connectivity index (χ4n) is 2.74. The molecule has 0 bridgehead atoms. The van der Waals surface area contributed by atoms with Crippen LogP contribution >= 0.6 is 0 Å². The van der Waals surface area contributed by atoms with Crippen LogP contribution < -0.4 is 10.6 Å². The molecule has 2 heterocycles. The van der Waals surface area contributed by atoms with Crippen LogP contribution in [-0.4, -0.2) is 62.3 Å². The van der Waals surface area contributed by atoms with Crippen molar-refractivity contribution in [2.24, 2.45) is 5.92 Å². The average molecular weight is 239 g/mol. The van der Waals surface area contributed by atoms with E-state index in [-0.39, 0.29) is 17.6 Å². The molecule has 3 fully saturated rings. The van der Waals surface area contributed by atoms with E-state index in [0.29, 0.717) is 6.61 Å². The zero-order valence-corrected chi connectivity index (χ0v) is 10.4. The van der Waals surface area contributed by atoms with Crippen LogP contribution in [0.3, 0.4) is 0 Å². The second-order valence-electron chi connectivity index (χ2n) is 5.60. The van der Waals surface area contributed by atoms with Crippen molar-refractivity contribution in [2.45, 2.75) is 24.5 Å². The molecule has 1 aliphatic carbocycles. The predicted octanol–water partition coefficient (Wildman–Crippen LogP) is -0.815. The van der Waals surface area contributed by atoms with Crippen LogP contribution in [0.1, 0.15) is 12.8 Å². The van der Waals surface area contributed by atoms with Crippen LogP contribution in [0.5, 0.6) is 0 Å². The Morgan fingerprint density at radius 1 is 1.53 bits per heavy atom. The molecule has 0 aromatic rings. The molecule has 1 spiro atoms. The summed E-state index contributed by atoms with van der Waals surface area (Å²) in [7, 11) is 1.70. The number of hydrogen-bond acceptors (Lipinski definition) is 4. The van der Waals surface area contributed by atoms with E-state index in [0.717, 1.165) is 32.1 Å². The minimum atomic E-state index is -0.0909. The van der Waals surface area contributed by atoms with Crippen molar-refractivity contribution in [3.8, 4) is 0 Å². The summed E-state index contributed by atoms with van der Waals surface area (Å²) in [6.45, 7) is 4.34. The number of rotatable bonds is 3. The van der Waals surface area contributed by atoms with Gasteiger partial charge in [0.25, 0.3) is 0 Å². The Bertz CT molecular complexity index is 313. The molecule has 1 atom stereocenters. The molecular weight excluding hydrogens is 218 g/mol. The van der Waals surface area contributed by atoms with Crippen molar-refractivity contribution in [2.75, 3.05) is 39.8 Å². The van der Waals surface area contributed by atoms with Gasteiger partial charge in [0.2, 0.25) is 5.91 Å². The van der Waals surface area contributed by atoms with Crippen LogP contribution in [-0.2, 0) is 9.53 Å². The number of hydrogen-bond donors (Lipinski definition) is 2. The smallest absolute Gasteiger partial charge is 0.239 e. The summed E-state index contributed by atoms with van der Waals surface area (Å²) in [4.78, 5) is 14.2. The predicted molar refractivity (Wildman–Crippen MR) is 63.7 cm³/mol. The van der Waals surface area contributed by atoms with Gasteiger partial charge in [-0.2, -0.15) is 0 Å². The summed E-state index contributed by atoms with van der Waals surface area (Å²) < 4.78 is 5.90. The summed E-state index contributed by atoms with van der Waals surface area (Å²) in [6.07, 6.45) is 2.64. The molecule has 2 saturated heterocycles. The van der Waals surface area contributed by atoms with E-state index >= 15 is 0 Å². The highest BCUT2D eigenvalue weighted by atomic mass is 16.5. The molecule has 0 radical (unpaired) electrons. The Morgan fingerprint density at radius 2 is 2.29 bits per heavy atom. The lowest BCUT2D eigenvalue weighted by atomic mass is 9.92. The molecule has 0 aromatic carbocycles. The van der Waals surface area contributed by atoms with Gasteiger partial charge in [0, 0.05) is 33.2 Å². The number of carbonyl (C=O) groups is 1. The zero-order chi connectivity index (χ0) is 11.9. The molecule has 5 nitrogen and oxygen atoms in total. The largest absolute Gasteiger partial charge is 0.369 e. The molecule has 0 aromatic heterocycles. The second-order valence-corrected chi connectivity index (χ2v) is 5.60. The van der Waals surface area contributed by atoms with Crippen LogP contribution in [0.2, 0.25) is 0 Å². The molecular formula is C12H21N3O2. The van der Waals surface area contributed by atoms with E-state index in [9.17, 15) is 4.79 Å². The second kappa shape index (κ2) is 4.23. The lowest BCUT2D eigenvalue weighted by Crippen LogP contribution is -2.72. The third kappa shape index (κ3) is 2.19. The number of ether oxygens (including phenoxy) is 1. The van der Waals surface area contributed by atoms with Gasteiger partial charge in [-0.15, -0.1) is 0 Å². The number of carbonyl (C=O) groups excluding carboxylic acids is 1. The lowest BCUT2D eigenvalue weighted by molar-refractivity contribution is -0.168. The van der Waals surface area contributed by atoms with E-state index in [2.05, 4.69) is 15.5 Å². The van der Waals surface area contributed by atoms with E-state index < -0.39 is 0 Å². The van der Waals surface area contributed by atoms with Crippen LogP contribution in [0.25, 0.3) is 0 Å². The Morgan fingerprint density at radius 3 is 2.82 bits per heavy atom. The zero-order valence-electron chi connectivity index (χ0n) is 10.4. The lowest BCUT2D eigenvalue weighted by Gasteiger charge is -2.51. The highest BCUT2D eigenvalue weighted by Crippen LogP contribution is 2.33. The molecule has 1 amide bonds. The van der Waals surface area contributed by atoms with Gasteiger partial charge in [-0.25, -0.2) is 0 Å². The molecule has 17 heavy (non-hydrogen) atoms. The number of nitrogens with one attached hydrogen (secondary N) is 2. The van der Waals surface area contributed by atoms with Crippen LogP contribution in [0.15, 0.2) is 0 Å². The summed E-state index contributed by atoms with van der Waals surface area (Å²) in [5, 5.41) is 6.01. The highest BCUT2D eigenvalue weighted by molar-refractivity contribution is 5.81. The van der Waals surface area contributed by atoms with E-state index in [1.54, 1.807) is 7.05 Å². The maximum Gasteiger partial charge on any atom is 0.239 e. The summed E-state index contributed by atoms with van der Waals surface area (Å²) >= 11 is 0. The molecule has 1 unspecified atom stereocenters. The van der Waals surface area contributed by atoms with Crippen molar-refractivity contribution in [3.05, 3.63) is 0 Å². The molecule has 1 saturated carbocycles. The maximum atomic E-state index is 11.8. The van der Waals surface area contributed by atoms with E-state index in [1.807, 2.05) is 0 Å². The van der Waals surface area contributed by atoms with Gasteiger partial charge in [0.05, 0.1) is 6.61 Å². The molecule has 5 heteroatoms. The number of amides is 1. The Labute approximate surface area is 102 Å². The maximum absolute atomic E-state index is 11.8. The number of likely N-dealkylation sites (N-methyl/N-ethyl adjacent to an activating group) is 1. The normalized spacial score (nSPS) is 32.2. The Balaban J connectivity index is 1.68. The van der Waals surface area contributed by atoms with Crippen molar-refractivity contribution in [1.29, 1.82) is 0 Å². The molecule has 2 N–H and O–H groups in total. The monoisotopic (exact) mass is 239 g/mol. The number of nitrogens with zero attached hydrogens (tertiary/aromatic N) is 1. The van der Waals surface area contributed by atoms with Gasteiger partial charge in [-0.05, 0) is 18.8 Å². The fourth-order valence-corrected chi connectivity index (χ4v) is 2.74. The fraction of sp³-hybridized carbons (Fsp3) is 0.917. The standard InChI is InChI=1S/C12H21N3O2/c1-13-11(16)10-5-17-12(6-14-7-12)8-15(10)4-9-2-3-9/h9-10,14H,2-8H2,1H3,(H,13,16). The first kappa shape index (κ1) is 11.4. The summed E-state index contributed by atoms with van der Waals surface area (Å²) in [6, 6.07) is -0.0909. The van der Waals surface area contributed by atoms with Gasteiger partial charge < -0.3 is 15.4 Å². The molecule has 96 valence electrons. The van der Waals surface area contributed by atoms with Gasteiger partial charge in [0.1, 0.15) is 11.6 Å². The van der Waals surface area contributed by atoms with Crippen molar-refractivity contribution in [3.63, 3.8) is 0 Å². The molecule has 3 aliphatic rings. The van der Waals surface area contributed by atoms with Crippen molar-refractivity contribution < 1.29 is 9.53 Å². The van der Waals surface area contributed by atoms with Gasteiger partial charge >= 0.3 is 0 Å². The summed E-state index contributed by atoms with van der Waals surface area (Å²) in [5.41, 5.74) is -0.0145. The SMILES string of the molecule is CNC(=O)C1COC2(CNC2)CN1CC1CC1. The summed E-state index contributed by atoms with van der Waals surface area (Å²) in [5.74, 6) is 0.901. The van der Waals surface area contributed by atoms with Crippen molar-refractivity contribution >= 4 is 5.91 Å². The Kier molecular flexibility index (Phi) is 2.84. The quantitative estimate of drug-likeness (QED) is 0.676. The van der Waals surface area contributed by atoms with Crippen molar-refractivity contribution in [1.82, 2.24) is 15.5 Å². The third-order valence-corrected chi connectivity index (χ3v) is 4.11. The highest BCUT2D eigenvalue weighted by Gasteiger charge is 2.47. The van der Waals surface area contributed by atoms with Gasteiger partial charge in [-0.3, -0.25) is 9.69 Å². The minimum Gasteiger partial charge on any atom is -0.369 e. The van der Waals surface area contributed by atoms with Gasteiger partial charge in [0.15, 0.2) is 0 Å². The first-order valence-corrected chi connectivity index (χ1v) is 6.53. The van der Waals surface area contributed by atoms with Crippen LogP contribution in [0.4, 0.5) is 0 Å². The minimum absolute atomic E-state index is 0.0145. The van der Waals surface area contributed by atoms with Gasteiger partial charge in [-0.1, -0.05) is 0 Å².